The molecular weight excluding hydrogens is 612 g/mol. The maximum atomic E-state index is 11.8. The minimum absolute atomic E-state index is 0.216. The van der Waals surface area contributed by atoms with Crippen molar-refractivity contribution in [1.29, 1.82) is 0 Å². The minimum atomic E-state index is -0.381. The van der Waals surface area contributed by atoms with Crippen LogP contribution in [0.3, 0.4) is 0 Å². The molecule has 4 amide bonds. The van der Waals surface area contributed by atoms with Crippen molar-refractivity contribution in [3.05, 3.63) is 109 Å². The Morgan fingerprint density at radius 2 is 1.19 bits per heavy atom. The summed E-state index contributed by atoms with van der Waals surface area (Å²) in [5.74, 6) is 0. The zero-order chi connectivity index (χ0) is 25.9. The average molecular weight is 632 g/mol. The lowest BCUT2D eigenvalue weighted by atomic mass is 10.3. The van der Waals surface area contributed by atoms with Gasteiger partial charge in [-0.15, -0.1) is 0 Å². The number of H-pyrrole nitrogens is 2. The molecule has 184 valence electrons. The highest BCUT2D eigenvalue weighted by Gasteiger charge is 2.06. The van der Waals surface area contributed by atoms with Crippen molar-refractivity contribution >= 4 is 78.9 Å². The molecule has 2 aromatic heterocycles. The first-order valence-corrected chi connectivity index (χ1v) is 12.3. The van der Waals surface area contributed by atoms with Gasteiger partial charge in [-0.1, -0.05) is 36.5 Å². The molecule has 0 saturated heterocycles. The molecule has 0 unspecified atom stereocenters. The van der Waals surface area contributed by atoms with Crippen LogP contribution in [0.1, 0.15) is 0 Å². The number of halogens is 2. The molecule has 36 heavy (non-hydrogen) atoms. The van der Waals surface area contributed by atoms with E-state index in [1.54, 1.807) is 30.5 Å². The van der Waals surface area contributed by atoms with Crippen LogP contribution in [0, 0.1) is 4.64 Å². The smallest absolute Gasteiger partial charge is 0.323 e. The van der Waals surface area contributed by atoms with Gasteiger partial charge in [-0.2, -0.15) is 0 Å². The molecule has 0 fully saturated rings. The Labute approximate surface area is 228 Å². The molecule has 0 saturated carbocycles. The van der Waals surface area contributed by atoms with Crippen LogP contribution in [-0.4, -0.2) is 22.0 Å². The lowest BCUT2D eigenvalue weighted by Gasteiger charge is -2.08. The predicted molar refractivity (Wildman–Crippen MR) is 152 cm³/mol. The van der Waals surface area contributed by atoms with Gasteiger partial charge in [0.05, 0.1) is 22.7 Å². The van der Waals surface area contributed by atoms with E-state index in [0.717, 1.165) is 8.95 Å². The van der Waals surface area contributed by atoms with E-state index in [4.69, 9.17) is 12.2 Å². The average Bonchev–Trinajstić information content (AvgIpc) is 2.85. The number of benzene rings is 2. The van der Waals surface area contributed by atoms with Crippen LogP contribution in [0.15, 0.2) is 98.9 Å². The standard InChI is InChI=1S/C12H10BrN3O2.C12H10BrN3OS/c13-9-3-1-2-4-10(9)16-12(18)15-8-5-6-11(17)14-7-8;13-8-4-1-2-5-9(8)15-12(17)16-10-6-3-7-14-11(10)18/h1-7H,(H,14,17)(H2,15,16,18);1-7H,(H,14,18)(H2,15,16,17). The molecule has 12 heteroatoms. The molecule has 2 heterocycles. The van der Waals surface area contributed by atoms with Crippen LogP contribution < -0.4 is 26.8 Å². The highest BCUT2D eigenvalue weighted by Crippen LogP contribution is 2.22. The lowest BCUT2D eigenvalue weighted by Crippen LogP contribution is -2.20. The second-order valence-corrected chi connectivity index (χ2v) is 9.09. The molecule has 0 spiro atoms. The van der Waals surface area contributed by atoms with E-state index in [1.807, 2.05) is 36.4 Å². The summed E-state index contributed by atoms with van der Waals surface area (Å²) in [6.07, 6.45) is 3.14. The Balaban J connectivity index is 0.000000201. The molecule has 2 aromatic carbocycles. The summed E-state index contributed by atoms with van der Waals surface area (Å²) in [5.41, 5.74) is 2.23. The molecule has 0 bridgehead atoms. The van der Waals surface area contributed by atoms with Gasteiger partial charge in [0, 0.05) is 27.4 Å². The molecule has 0 aliphatic heterocycles. The summed E-state index contributed by atoms with van der Waals surface area (Å²) in [7, 11) is 0. The third-order valence-electron chi connectivity index (χ3n) is 4.35. The topological polar surface area (TPSA) is 131 Å². The van der Waals surface area contributed by atoms with Gasteiger partial charge in [0.2, 0.25) is 5.56 Å². The van der Waals surface area contributed by atoms with E-state index in [1.165, 1.54) is 18.3 Å². The second-order valence-electron chi connectivity index (χ2n) is 6.97. The van der Waals surface area contributed by atoms with Crippen molar-refractivity contribution in [3.8, 4) is 0 Å². The van der Waals surface area contributed by atoms with Gasteiger partial charge in [0.1, 0.15) is 4.64 Å². The molecular formula is C24H20Br2N6O3S. The Morgan fingerprint density at radius 3 is 1.72 bits per heavy atom. The summed E-state index contributed by atoms with van der Waals surface area (Å²) >= 11 is 11.7. The number of aromatic amines is 2. The SMILES string of the molecule is O=C(Nc1ccc(=O)[nH]c1)Nc1ccccc1Br.O=C(Nc1ccccc1Br)Nc1ccc[nH]c1=S. The Morgan fingerprint density at radius 1 is 0.667 bits per heavy atom. The van der Waals surface area contributed by atoms with Crippen molar-refractivity contribution < 1.29 is 9.59 Å². The molecule has 6 N–H and O–H groups in total. The van der Waals surface area contributed by atoms with E-state index >= 15 is 0 Å². The van der Waals surface area contributed by atoms with Gasteiger partial charge in [-0.3, -0.25) is 4.79 Å². The summed E-state index contributed by atoms with van der Waals surface area (Å²) in [4.78, 5) is 39.6. The van der Waals surface area contributed by atoms with Crippen LogP contribution in [0.5, 0.6) is 0 Å². The monoisotopic (exact) mass is 630 g/mol. The van der Waals surface area contributed by atoms with Crippen molar-refractivity contribution in [3.63, 3.8) is 0 Å². The minimum Gasteiger partial charge on any atom is -0.351 e. The fourth-order valence-electron chi connectivity index (χ4n) is 2.69. The Hall–Kier alpha value is -3.74. The molecule has 0 atom stereocenters. The zero-order valence-corrected chi connectivity index (χ0v) is 22.5. The fraction of sp³-hybridized carbons (Fsp3) is 0. The third kappa shape index (κ3) is 8.48. The Kier molecular flexibility index (Phi) is 9.98. The number of para-hydroxylation sites is 2. The van der Waals surface area contributed by atoms with Crippen LogP contribution in [-0.2, 0) is 0 Å². The van der Waals surface area contributed by atoms with Crippen molar-refractivity contribution in [2.75, 3.05) is 21.3 Å². The summed E-state index contributed by atoms with van der Waals surface area (Å²) < 4.78 is 2.10. The Bertz CT molecular complexity index is 1450. The van der Waals surface area contributed by atoms with E-state index < -0.39 is 0 Å². The largest absolute Gasteiger partial charge is 0.351 e. The van der Waals surface area contributed by atoms with Gasteiger partial charge in [0.25, 0.3) is 0 Å². The van der Waals surface area contributed by atoms with Gasteiger partial charge >= 0.3 is 12.1 Å². The van der Waals surface area contributed by atoms with Gasteiger partial charge in [-0.25, -0.2) is 9.59 Å². The van der Waals surface area contributed by atoms with E-state index in [2.05, 4.69) is 63.1 Å². The van der Waals surface area contributed by atoms with Crippen LogP contribution in [0.25, 0.3) is 0 Å². The summed E-state index contributed by atoms with van der Waals surface area (Å²) in [6.45, 7) is 0. The fourth-order valence-corrected chi connectivity index (χ4v) is 3.65. The number of nitrogens with one attached hydrogen (secondary N) is 6. The third-order valence-corrected chi connectivity index (χ3v) is 6.07. The van der Waals surface area contributed by atoms with Crippen LogP contribution in [0.2, 0.25) is 0 Å². The van der Waals surface area contributed by atoms with Gasteiger partial charge in [0.15, 0.2) is 0 Å². The highest BCUT2D eigenvalue weighted by atomic mass is 79.9. The van der Waals surface area contributed by atoms with Crippen molar-refractivity contribution in [2.45, 2.75) is 0 Å². The van der Waals surface area contributed by atoms with E-state index in [-0.39, 0.29) is 17.6 Å². The number of urea groups is 2. The van der Waals surface area contributed by atoms with Gasteiger partial charge in [-0.05, 0) is 74.3 Å². The molecule has 4 rings (SSSR count). The number of rotatable bonds is 4. The highest BCUT2D eigenvalue weighted by molar-refractivity contribution is 9.11. The first kappa shape index (κ1) is 26.9. The normalized spacial score (nSPS) is 9.83. The van der Waals surface area contributed by atoms with Gasteiger partial charge < -0.3 is 31.2 Å². The van der Waals surface area contributed by atoms with Crippen molar-refractivity contribution in [2.24, 2.45) is 0 Å². The molecule has 0 aliphatic rings. The quantitative estimate of drug-likeness (QED) is 0.136. The number of amides is 4. The predicted octanol–water partition coefficient (Wildman–Crippen LogP) is 6.93. The molecule has 4 aromatic rings. The zero-order valence-electron chi connectivity index (χ0n) is 18.5. The summed E-state index contributed by atoms with van der Waals surface area (Å²) in [6, 6.07) is 20.3. The maximum Gasteiger partial charge on any atom is 0.323 e. The molecule has 9 nitrogen and oxygen atoms in total. The molecule has 0 aliphatic carbocycles. The lowest BCUT2D eigenvalue weighted by molar-refractivity contribution is 0.261. The summed E-state index contributed by atoms with van der Waals surface area (Å²) in [5, 5.41) is 10.7. The number of anilines is 4. The number of hydrogen-bond donors (Lipinski definition) is 6. The maximum absolute atomic E-state index is 11.8. The van der Waals surface area contributed by atoms with E-state index in [0.29, 0.717) is 27.4 Å². The van der Waals surface area contributed by atoms with Crippen LogP contribution in [0.4, 0.5) is 32.3 Å². The number of aromatic nitrogens is 2. The first-order valence-electron chi connectivity index (χ1n) is 10.3. The number of carbonyl (C=O) groups excluding carboxylic acids is 2. The van der Waals surface area contributed by atoms with E-state index in [9.17, 15) is 14.4 Å². The molecule has 0 radical (unpaired) electrons. The second kappa shape index (κ2) is 13.4. The number of carbonyl (C=O) groups is 2. The first-order chi connectivity index (χ1) is 17.3. The number of pyridine rings is 2. The van der Waals surface area contributed by atoms with Crippen molar-refractivity contribution in [1.82, 2.24) is 9.97 Å². The van der Waals surface area contributed by atoms with Crippen LogP contribution >= 0.6 is 44.1 Å². The number of hydrogen-bond acceptors (Lipinski definition) is 4.